The van der Waals surface area contributed by atoms with Crippen molar-refractivity contribution in [2.45, 2.75) is 6.42 Å². The second kappa shape index (κ2) is 7.43. The lowest BCUT2D eigenvalue weighted by Crippen LogP contribution is -2.11. The monoisotopic (exact) mass is 364 g/mol. The Kier molecular flexibility index (Phi) is 5.59. The normalized spacial score (nSPS) is 10.2. The Balaban J connectivity index is 1.94. The fourth-order valence-corrected chi connectivity index (χ4v) is 2.91. The Labute approximate surface area is 138 Å². The number of hydrogen-bond acceptors (Lipinski definition) is 3. The molecule has 0 heterocycles. The van der Waals surface area contributed by atoms with Gasteiger partial charge in [0.2, 0.25) is 0 Å². The second-order valence-corrected chi connectivity index (χ2v) is 5.88. The summed E-state index contributed by atoms with van der Waals surface area (Å²) in [5.74, 6) is 0.885. The van der Waals surface area contributed by atoms with Gasteiger partial charge in [0.15, 0.2) is 0 Å². The molecule has 0 radical (unpaired) electrons. The van der Waals surface area contributed by atoms with Gasteiger partial charge in [0.05, 0.1) is 7.11 Å². The number of methoxy groups -OCH3 is 1. The lowest BCUT2D eigenvalue weighted by Gasteiger charge is -2.10. The number of halogens is 1. The largest absolute Gasteiger partial charge is 0.497 e. The van der Waals surface area contributed by atoms with Gasteiger partial charge in [-0.2, -0.15) is 0 Å². The van der Waals surface area contributed by atoms with Gasteiger partial charge in [-0.25, -0.2) is 0 Å². The number of thiocarbonyl (C=S) groups is 1. The van der Waals surface area contributed by atoms with Crippen LogP contribution in [0.25, 0.3) is 0 Å². The van der Waals surface area contributed by atoms with E-state index in [-0.39, 0.29) is 0 Å². The topological polar surface area (TPSA) is 47.3 Å². The number of nitrogens with two attached hydrogens (primary N) is 1. The highest BCUT2D eigenvalue weighted by Crippen LogP contribution is 2.21. The molecule has 0 amide bonds. The average molecular weight is 365 g/mol. The van der Waals surface area contributed by atoms with Gasteiger partial charge in [-0.1, -0.05) is 24.4 Å². The van der Waals surface area contributed by atoms with E-state index in [9.17, 15) is 0 Å². The van der Waals surface area contributed by atoms with Gasteiger partial charge in [-0.05, 0) is 58.2 Å². The van der Waals surface area contributed by atoms with Crippen LogP contribution in [0.2, 0.25) is 0 Å². The van der Waals surface area contributed by atoms with Gasteiger partial charge in [0, 0.05) is 22.3 Å². The molecule has 5 heteroatoms. The van der Waals surface area contributed by atoms with E-state index >= 15 is 0 Å². The number of ether oxygens (including phenoxy) is 1. The number of rotatable bonds is 6. The summed E-state index contributed by atoms with van der Waals surface area (Å²) in [7, 11) is 1.68. The second-order valence-electron chi connectivity index (χ2n) is 4.59. The zero-order chi connectivity index (χ0) is 15.2. The fourth-order valence-electron chi connectivity index (χ4n) is 2.00. The first-order valence-corrected chi connectivity index (χ1v) is 7.76. The SMILES string of the molecule is COc1cccc(CCNc2ccc(C(N)=S)c(Br)c2)c1. The van der Waals surface area contributed by atoms with Crippen LogP contribution in [0.15, 0.2) is 46.9 Å². The summed E-state index contributed by atoms with van der Waals surface area (Å²) >= 11 is 8.46. The first-order valence-electron chi connectivity index (χ1n) is 6.56. The Hall–Kier alpha value is -1.59. The van der Waals surface area contributed by atoms with E-state index in [0.717, 1.165) is 34.4 Å². The standard InChI is InChI=1S/C16H17BrN2OS/c1-20-13-4-2-3-11(9-13)7-8-19-12-5-6-14(16(18)21)15(17)10-12/h2-6,9-10,19H,7-8H2,1H3,(H2,18,21). The molecule has 3 nitrogen and oxygen atoms in total. The zero-order valence-electron chi connectivity index (χ0n) is 11.7. The minimum atomic E-state index is 0.393. The number of anilines is 1. The molecule has 0 saturated heterocycles. The van der Waals surface area contributed by atoms with Crippen LogP contribution in [0.5, 0.6) is 5.75 Å². The van der Waals surface area contributed by atoms with Gasteiger partial charge in [-0.15, -0.1) is 0 Å². The minimum absolute atomic E-state index is 0.393. The maximum atomic E-state index is 5.64. The predicted molar refractivity (Wildman–Crippen MR) is 95.2 cm³/mol. The van der Waals surface area contributed by atoms with Crippen molar-refractivity contribution in [1.82, 2.24) is 0 Å². The van der Waals surface area contributed by atoms with Crippen molar-refractivity contribution < 1.29 is 4.74 Å². The van der Waals surface area contributed by atoms with E-state index < -0.39 is 0 Å². The van der Waals surface area contributed by atoms with Crippen LogP contribution < -0.4 is 15.8 Å². The smallest absolute Gasteiger partial charge is 0.119 e. The summed E-state index contributed by atoms with van der Waals surface area (Å²) in [6, 6.07) is 14.0. The highest BCUT2D eigenvalue weighted by atomic mass is 79.9. The summed E-state index contributed by atoms with van der Waals surface area (Å²) in [5, 5.41) is 3.38. The summed E-state index contributed by atoms with van der Waals surface area (Å²) in [6.07, 6.45) is 0.922. The number of nitrogens with one attached hydrogen (secondary N) is 1. The fraction of sp³-hybridized carbons (Fsp3) is 0.188. The third-order valence-electron chi connectivity index (χ3n) is 3.11. The molecule has 0 fully saturated rings. The first kappa shape index (κ1) is 15.8. The number of hydrogen-bond donors (Lipinski definition) is 2. The molecule has 21 heavy (non-hydrogen) atoms. The highest BCUT2D eigenvalue weighted by molar-refractivity contribution is 9.10. The molecule has 0 unspecified atom stereocenters. The van der Waals surface area contributed by atoms with Crippen molar-refractivity contribution >= 4 is 38.8 Å². The molecule has 0 bridgehead atoms. The molecule has 0 aliphatic rings. The van der Waals surface area contributed by atoms with Crippen molar-refractivity contribution in [2.24, 2.45) is 5.73 Å². The van der Waals surface area contributed by atoms with Crippen LogP contribution in [0.3, 0.4) is 0 Å². The molecule has 2 aromatic carbocycles. The Morgan fingerprint density at radius 1 is 1.29 bits per heavy atom. The van der Waals surface area contributed by atoms with Crippen LogP contribution >= 0.6 is 28.1 Å². The van der Waals surface area contributed by atoms with Gasteiger partial charge in [-0.3, -0.25) is 0 Å². The molecule has 0 aromatic heterocycles. The van der Waals surface area contributed by atoms with Crippen molar-refractivity contribution in [2.75, 3.05) is 19.0 Å². The van der Waals surface area contributed by atoms with Gasteiger partial charge in [0.1, 0.15) is 10.7 Å². The molecule has 3 N–H and O–H groups in total. The van der Waals surface area contributed by atoms with Gasteiger partial charge < -0.3 is 15.8 Å². The molecule has 110 valence electrons. The van der Waals surface area contributed by atoms with Crippen LogP contribution in [0.4, 0.5) is 5.69 Å². The molecular formula is C16H17BrN2OS. The quantitative estimate of drug-likeness (QED) is 0.766. The average Bonchev–Trinajstić information content (AvgIpc) is 2.47. The molecular weight excluding hydrogens is 348 g/mol. The first-order chi connectivity index (χ1) is 10.1. The molecule has 0 aliphatic carbocycles. The lowest BCUT2D eigenvalue weighted by molar-refractivity contribution is 0.414. The molecule has 0 atom stereocenters. The predicted octanol–water partition coefficient (Wildman–Crippen LogP) is 3.75. The lowest BCUT2D eigenvalue weighted by atomic mass is 10.1. The Morgan fingerprint density at radius 2 is 2.10 bits per heavy atom. The maximum Gasteiger partial charge on any atom is 0.119 e. The van der Waals surface area contributed by atoms with E-state index in [4.69, 9.17) is 22.7 Å². The third-order valence-corrected chi connectivity index (χ3v) is 3.99. The van der Waals surface area contributed by atoms with Crippen molar-refractivity contribution in [3.05, 3.63) is 58.1 Å². The Morgan fingerprint density at radius 3 is 2.76 bits per heavy atom. The van der Waals surface area contributed by atoms with E-state index in [1.165, 1.54) is 5.56 Å². The van der Waals surface area contributed by atoms with Gasteiger partial charge >= 0.3 is 0 Å². The summed E-state index contributed by atoms with van der Waals surface area (Å²) in [4.78, 5) is 0.393. The minimum Gasteiger partial charge on any atom is -0.497 e. The van der Waals surface area contributed by atoms with Crippen LogP contribution in [0.1, 0.15) is 11.1 Å². The molecule has 2 rings (SSSR count). The van der Waals surface area contributed by atoms with Crippen LogP contribution in [0, 0.1) is 0 Å². The van der Waals surface area contributed by atoms with Crippen LogP contribution in [-0.2, 0) is 6.42 Å². The van der Waals surface area contributed by atoms with E-state index in [1.54, 1.807) is 7.11 Å². The van der Waals surface area contributed by atoms with E-state index in [0.29, 0.717) is 4.99 Å². The molecule has 0 aliphatic heterocycles. The zero-order valence-corrected chi connectivity index (χ0v) is 14.1. The van der Waals surface area contributed by atoms with Crippen molar-refractivity contribution in [3.63, 3.8) is 0 Å². The van der Waals surface area contributed by atoms with Crippen molar-refractivity contribution in [3.8, 4) is 5.75 Å². The number of benzene rings is 2. The highest BCUT2D eigenvalue weighted by Gasteiger charge is 2.04. The van der Waals surface area contributed by atoms with Crippen LogP contribution in [-0.4, -0.2) is 18.6 Å². The van der Waals surface area contributed by atoms with Gasteiger partial charge in [0.25, 0.3) is 0 Å². The third kappa shape index (κ3) is 4.44. The molecule has 0 spiro atoms. The molecule has 0 saturated carbocycles. The Bertz CT molecular complexity index is 646. The van der Waals surface area contributed by atoms with E-state index in [1.807, 2.05) is 36.4 Å². The maximum absolute atomic E-state index is 5.64. The molecule has 2 aromatic rings. The van der Waals surface area contributed by atoms with Crippen molar-refractivity contribution in [1.29, 1.82) is 0 Å². The summed E-state index contributed by atoms with van der Waals surface area (Å²) in [6.45, 7) is 0.839. The van der Waals surface area contributed by atoms with E-state index in [2.05, 4.69) is 27.3 Å². The summed E-state index contributed by atoms with van der Waals surface area (Å²) in [5.41, 5.74) is 8.76. The summed E-state index contributed by atoms with van der Waals surface area (Å²) < 4.78 is 6.12.